The summed E-state index contributed by atoms with van der Waals surface area (Å²) < 4.78 is 19.3. The Hall–Kier alpha value is -0.820. The molecule has 0 amide bonds. The van der Waals surface area contributed by atoms with Crippen LogP contribution in [0.1, 0.15) is 10.6 Å². The molecule has 0 atom stereocenters. The van der Waals surface area contributed by atoms with Gasteiger partial charge in [0.15, 0.2) is 0 Å². The van der Waals surface area contributed by atoms with Crippen molar-refractivity contribution < 1.29 is 9.13 Å². The fraction of sp³-hybridized carbons (Fsp3) is 0.308. The zero-order valence-electron chi connectivity index (χ0n) is 10.7. The van der Waals surface area contributed by atoms with Crippen LogP contribution in [0.4, 0.5) is 4.39 Å². The molecule has 0 aliphatic carbocycles. The van der Waals surface area contributed by atoms with E-state index in [1.54, 1.807) is 24.5 Å². The van der Waals surface area contributed by atoms with Gasteiger partial charge in [-0.25, -0.2) is 9.37 Å². The van der Waals surface area contributed by atoms with E-state index >= 15 is 0 Å². The molecule has 2 aromatic rings. The SMILES string of the molecule is CNCc1sc(-c2cc(F)ccc2Br)nc1COC. The quantitative estimate of drug-likeness (QED) is 0.900. The first-order valence-electron chi connectivity index (χ1n) is 5.73. The molecule has 0 aliphatic heterocycles. The minimum absolute atomic E-state index is 0.267. The molecular weight excluding hydrogens is 331 g/mol. The summed E-state index contributed by atoms with van der Waals surface area (Å²) in [5.41, 5.74) is 1.66. The Morgan fingerprint density at radius 1 is 1.47 bits per heavy atom. The van der Waals surface area contributed by atoms with Gasteiger partial charge in [-0.2, -0.15) is 0 Å². The molecule has 0 unspecified atom stereocenters. The lowest BCUT2D eigenvalue weighted by molar-refractivity contribution is 0.181. The molecule has 3 nitrogen and oxygen atoms in total. The van der Waals surface area contributed by atoms with Gasteiger partial charge >= 0.3 is 0 Å². The number of thiazole rings is 1. The highest BCUT2D eigenvalue weighted by Gasteiger charge is 2.14. The molecule has 102 valence electrons. The summed E-state index contributed by atoms with van der Waals surface area (Å²) in [6, 6.07) is 4.61. The number of hydrogen-bond acceptors (Lipinski definition) is 4. The zero-order valence-corrected chi connectivity index (χ0v) is 13.1. The predicted molar refractivity (Wildman–Crippen MR) is 78.7 cm³/mol. The van der Waals surface area contributed by atoms with Crippen LogP contribution in [0.2, 0.25) is 0 Å². The first kappa shape index (κ1) is 14.6. The zero-order chi connectivity index (χ0) is 13.8. The van der Waals surface area contributed by atoms with E-state index in [-0.39, 0.29) is 5.82 Å². The first-order chi connectivity index (χ1) is 9.15. The second-order valence-electron chi connectivity index (χ2n) is 3.98. The van der Waals surface area contributed by atoms with Gasteiger partial charge in [-0.15, -0.1) is 11.3 Å². The van der Waals surface area contributed by atoms with Gasteiger partial charge in [-0.05, 0) is 25.2 Å². The number of hydrogen-bond donors (Lipinski definition) is 1. The van der Waals surface area contributed by atoms with Crippen LogP contribution in [0.3, 0.4) is 0 Å². The van der Waals surface area contributed by atoms with E-state index in [4.69, 9.17) is 4.74 Å². The number of ether oxygens (including phenoxy) is 1. The molecule has 0 spiro atoms. The largest absolute Gasteiger partial charge is 0.378 e. The molecule has 1 N–H and O–H groups in total. The van der Waals surface area contributed by atoms with Crippen molar-refractivity contribution in [2.75, 3.05) is 14.2 Å². The Bertz CT molecular complexity index is 550. The minimum atomic E-state index is -0.267. The molecule has 0 radical (unpaired) electrons. The lowest BCUT2D eigenvalue weighted by Gasteiger charge is -2.00. The van der Waals surface area contributed by atoms with Crippen LogP contribution >= 0.6 is 27.3 Å². The molecule has 1 aromatic heterocycles. The van der Waals surface area contributed by atoms with Crippen LogP contribution in [0, 0.1) is 5.82 Å². The lowest BCUT2D eigenvalue weighted by Crippen LogP contribution is -2.06. The molecule has 0 aliphatic rings. The number of methoxy groups -OCH3 is 1. The maximum absolute atomic E-state index is 13.4. The number of aromatic nitrogens is 1. The van der Waals surface area contributed by atoms with Crippen molar-refractivity contribution >= 4 is 27.3 Å². The Labute approximate surface area is 124 Å². The van der Waals surface area contributed by atoms with Crippen molar-refractivity contribution in [3.63, 3.8) is 0 Å². The van der Waals surface area contributed by atoms with Crippen molar-refractivity contribution in [2.45, 2.75) is 13.2 Å². The van der Waals surface area contributed by atoms with E-state index in [0.717, 1.165) is 32.2 Å². The predicted octanol–water partition coefficient (Wildman–Crippen LogP) is 3.58. The van der Waals surface area contributed by atoms with E-state index in [1.807, 2.05) is 7.05 Å². The summed E-state index contributed by atoms with van der Waals surface area (Å²) in [5, 5.41) is 3.90. The smallest absolute Gasteiger partial charge is 0.125 e. The Balaban J connectivity index is 2.44. The van der Waals surface area contributed by atoms with E-state index in [1.165, 1.54) is 12.1 Å². The van der Waals surface area contributed by atoms with Gasteiger partial charge in [0, 0.05) is 28.6 Å². The summed E-state index contributed by atoms with van der Waals surface area (Å²) in [5.74, 6) is -0.267. The maximum atomic E-state index is 13.4. The molecular formula is C13H14BrFN2OS. The summed E-state index contributed by atoms with van der Waals surface area (Å²) >= 11 is 4.98. The average molecular weight is 345 g/mol. The average Bonchev–Trinajstić information content (AvgIpc) is 2.77. The van der Waals surface area contributed by atoms with E-state index < -0.39 is 0 Å². The Kier molecular flexibility index (Phi) is 5.04. The van der Waals surface area contributed by atoms with E-state index in [0.29, 0.717) is 6.61 Å². The summed E-state index contributed by atoms with van der Waals surface area (Å²) in [6.07, 6.45) is 0. The van der Waals surface area contributed by atoms with Gasteiger partial charge in [-0.1, -0.05) is 15.9 Å². The van der Waals surface area contributed by atoms with Crippen LogP contribution < -0.4 is 5.32 Å². The maximum Gasteiger partial charge on any atom is 0.125 e. The normalized spacial score (nSPS) is 10.9. The molecule has 1 aromatic carbocycles. The molecule has 0 fully saturated rings. The Morgan fingerprint density at radius 3 is 2.95 bits per heavy atom. The van der Waals surface area contributed by atoms with Gasteiger partial charge in [0.2, 0.25) is 0 Å². The summed E-state index contributed by atoms with van der Waals surface area (Å²) in [7, 11) is 3.52. The highest BCUT2D eigenvalue weighted by atomic mass is 79.9. The highest BCUT2D eigenvalue weighted by Crippen LogP contribution is 2.34. The first-order valence-corrected chi connectivity index (χ1v) is 7.34. The molecule has 1 heterocycles. The van der Waals surface area contributed by atoms with Crippen molar-refractivity contribution in [1.29, 1.82) is 0 Å². The van der Waals surface area contributed by atoms with Gasteiger partial charge in [0.05, 0.1) is 12.3 Å². The van der Waals surface area contributed by atoms with Crippen molar-refractivity contribution in [3.05, 3.63) is 39.1 Å². The van der Waals surface area contributed by atoms with E-state index in [2.05, 4.69) is 26.2 Å². The Morgan fingerprint density at radius 2 is 2.26 bits per heavy atom. The fourth-order valence-electron chi connectivity index (χ4n) is 1.71. The van der Waals surface area contributed by atoms with Gasteiger partial charge < -0.3 is 10.1 Å². The fourth-order valence-corrected chi connectivity index (χ4v) is 3.38. The number of nitrogens with one attached hydrogen (secondary N) is 1. The van der Waals surface area contributed by atoms with Gasteiger partial charge in [0.25, 0.3) is 0 Å². The monoisotopic (exact) mass is 344 g/mol. The van der Waals surface area contributed by atoms with Crippen LogP contribution in [0.25, 0.3) is 10.6 Å². The number of halogens is 2. The number of benzene rings is 1. The van der Waals surface area contributed by atoms with Crippen molar-refractivity contribution in [1.82, 2.24) is 10.3 Å². The van der Waals surface area contributed by atoms with Crippen LogP contribution in [-0.2, 0) is 17.9 Å². The molecule has 6 heteroatoms. The summed E-state index contributed by atoms with van der Waals surface area (Å²) in [4.78, 5) is 5.65. The van der Waals surface area contributed by atoms with Gasteiger partial charge in [0.1, 0.15) is 10.8 Å². The standard InChI is InChI=1S/C13H14BrFN2OS/c1-16-6-12-11(7-18-2)17-13(19-12)9-5-8(15)3-4-10(9)14/h3-5,16H,6-7H2,1-2H3. The second-order valence-corrected chi connectivity index (χ2v) is 5.91. The lowest BCUT2D eigenvalue weighted by atomic mass is 10.2. The topological polar surface area (TPSA) is 34.2 Å². The third kappa shape index (κ3) is 3.39. The minimum Gasteiger partial charge on any atom is -0.378 e. The second kappa shape index (κ2) is 6.56. The van der Waals surface area contributed by atoms with Crippen LogP contribution in [-0.4, -0.2) is 19.1 Å². The molecule has 0 saturated heterocycles. The molecule has 0 bridgehead atoms. The third-order valence-electron chi connectivity index (χ3n) is 2.56. The van der Waals surface area contributed by atoms with Crippen molar-refractivity contribution in [3.8, 4) is 10.6 Å². The summed E-state index contributed by atoms with van der Waals surface area (Å²) in [6.45, 7) is 1.18. The number of rotatable bonds is 5. The van der Waals surface area contributed by atoms with Gasteiger partial charge in [-0.3, -0.25) is 0 Å². The van der Waals surface area contributed by atoms with E-state index in [9.17, 15) is 4.39 Å². The van der Waals surface area contributed by atoms with Crippen molar-refractivity contribution in [2.24, 2.45) is 0 Å². The van der Waals surface area contributed by atoms with Crippen LogP contribution in [0.5, 0.6) is 0 Å². The number of nitrogens with zero attached hydrogens (tertiary/aromatic N) is 1. The third-order valence-corrected chi connectivity index (χ3v) is 4.38. The molecule has 19 heavy (non-hydrogen) atoms. The highest BCUT2D eigenvalue weighted by molar-refractivity contribution is 9.10. The molecule has 2 rings (SSSR count). The van der Waals surface area contributed by atoms with Crippen LogP contribution in [0.15, 0.2) is 22.7 Å². The molecule has 0 saturated carbocycles.